The van der Waals surface area contributed by atoms with Crippen LogP contribution in [0.15, 0.2) is 76.1 Å². The van der Waals surface area contributed by atoms with Gasteiger partial charge in [0, 0.05) is 20.9 Å². The molecule has 0 aliphatic rings. The Morgan fingerprint density at radius 3 is 2.11 bits per heavy atom. The van der Waals surface area contributed by atoms with Crippen LogP contribution in [0.1, 0.15) is 10.4 Å². The molecule has 0 spiro atoms. The van der Waals surface area contributed by atoms with Crippen LogP contribution >= 0.6 is 39.1 Å². The minimum absolute atomic E-state index is 0.0564. The molecule has 5 nitrogen and oxygen atoms in total. The average molecular weight is 500 g/mol. The summed E-state index contributed by atoms with van der Waals surface area (Å²) in [6, 6.07) is 17.0. The van der Waals surface area contributed by atoms with Crippen LogP contribution in [0.2, 0.25) is 10.0 Å². The standard InChI is InChI=1S/C19H13BrCl2N2O3S/c20-12-1-10-18(22)17(11-12)19(25)23-14-6-8-16(9-7-14)28(26,27)24-15-4-2-13(21)3-5-15/h1-11,24H,(H,23,25). The molecule has 3 rings (SSSR count). The van der Waals surface area contributed by atoms with E-state index in [0.717, 1.165) is 4.47 Å². The van der Waals surface area contributed by atoms with E-state index in [2.05, 4.69) is 26.0 Å². The van der Waals surface area contributed by atoms with E-state index < -0.39 is 15.9 Å². The molecule has 28 heavy (non-hydrogen) atoms. The lowest BCUT2D eigenvalue weighted by Gasteiger charge is -2.10. The number of amides is 1. The fourth-order valence-electron chi connectivity index (χ4n) is 2.32. The van der Waals surface area contributed by atoms with Gasteiger partial charge >= 0.3 is 0 Å². The number of carbonyl (C=O) groups excluding carboxylic acids is 1. The fourth-order valence-corrected chi connectivity index (χ4v) is 4.07. The summed E-state index contributed by atoms with van der Waals surface area (Å²) in [6.45, 7) is 0. The molecule has 0 bridgehead atoms. The quantitative estimate of drug-likeness (QED) is 0.465. The number of nitrogens with one attached hydrogen (secondary N) is 2. The summed E-state index contributed by atoms with van der Waals surface area (Å²) in [5.41, 5.74) is 1.13. The molecule has 2 N–H and O–H groups in total. The van der Waals surface area contributed by atoms with E-state index in [4.69, 9.17) is 23.2 Å². The maximum absolute atomic E-state index is 12.5. The SMILES string of the molecule is O=C(Nc1ccc(S(=O)(=O)Nc2ccc(Cl)cc2)cc1)c1cc(Br)ccc1Cl. The van der Waals surface area contributed by atoms with Crippen molar-refractivity contribution in [3.63, 3.8) is 0 Å². The molecule has 0 heterocycles. The highest BCUT2D eigenvalue weighted by molar-refractivity contribution is 9.10. The van der Waals surface area contributed by atoms with Crippen molar-refractivity contribution in [2.24, 2.45) is 0 Å². The molecule has 0 aliphatic carbocycles. The van der Waals surface area contributed by atoms with Crippen molar-refractivity contribution in [3.05, 3.63) is 86.8 Å². The maximum atomic E-state index is 12.5. The summed E-state index contributed by atoms with van der Waals surface area (Å²) in [6.07, 6.45) is 0. The predicted octanol–water partition coefficient (Wildman–Crippen LogP) is 5.81. The van der Waals surface area contributed by atoms with Crippen LogP contribution in [0.5, 0.6) is 0 Å². The van der Waals surface area contributed by atoms with Crippen LogP contribution in [0.3, 0.4) is 0 Å². The Morgan fingerprint density at radius 1 is 0.857 bits per heavy atom. The zero-order valence-corrected chi connectivity index (χ0v) is 18.0. The molecule has 144 valence electrons. The molecule has 0 atom stereocenters. The fraction of sp³-hybridized carbons (Fsp3) is 0. The van der Waals surface area contributed by atoms with Crippen LogP contribution in [-0.2, 0) is 10.0 Å². The lowest BCUT2D eigenvalue weighted by molar-refractivity contribution is 0.102. The molecular formula is C19H13BrCl2N2O3S. The molecule has 0 unspecified atom stereocenters. The summed E-state index contributed by atoms with van der Waals surface area (Å²) < 4.78 is 28.1. The van der Waals surface area contributed by atoms with E-state index in [1.165, 1.54) is 24.3 Å². The Balaban J connectivity index is 1.74. The van der Waals surface area contributed by atoms with Crippen molar-refractivity contribution in [3.8, 4) is 0 Å². The minimum atomic E-state index is -3.77. The second-order valence-corrected chi connectivity index (χ2v) is 9.16. The van der Waals surface area contributed by atoms with E-state index in [1.807, 2.05) is 0 Å². The normalized spacial score (nSPS) is 11.1. The van der Waals surface area contributed by atoms with Gasteiger partial charge in [-0.25, -0.2) is 8.42 Å². The highest BCUT2D eigenvalue weighted by Gasteiger charge is 2.15. The maximum Gasteiger partial charge on any atom is 0.261 e. The number of hydrogen-bond acceptors (Lipinski definition) is 3. The van der Waals surface area contributed by atoms with Crippen molar-refractivity contribution in [1.82, 2.24) is 0 Å². The highest BCUT2D eigenvalue weighted by Crippen LogP contribution is 2.23. The predicted molar refractivity (Wildman–Crippen MR) is 116 cm³/mol. The third-order valence-electron chi connectivity index (χ3n) is 3.69. The zero-order valence-electron chi connectivity index (χ0n) is 14.1. The molecule has 3 aromatic carbocycles. The molecule has 9 heteroatoms. The van der Waals surface area contributed by atoms with Gasteiger partial charge in [-0.2, -0.15) is 0 Å². The number of sulfonamides is 1. The third kappa shape index (κ3) is 5.05. The molecule has 3 aromatic rings. The van der Waals surface area contributed by atoms with Gasteiger partial charge in [0.05, 0.1) is 15.5 Å². The van der Waals surface area contributed by atoms with Gasteiger partial charge in [0.2, 0.25) is 0 Å². The van der Waals surface area contributed by atoms with Crippen molar-refractivity contribution in [2.75, 3.05) is 10.0 Å². The Hall–Kier alpha value is -2.06. The van der Waals surface area contributed by atoms with Gasteiger partial charge in [0.1, 0.15) is 0 Å². The summed E-state index contributed by atoms with van der Waals surface area (Å²) in [5, 5.41) is 3.51. The first-order valence-electron chi connectivity index (χ1n) is 7.89. The van der Waals surface area contributed by atoms with Gasteiger partial charge in [-0.15, -0.1) is 0 Å². The number of hydrogen-bond donors (Lipinski definition) is 2. The Kier molecular flexibility index (Phi) is 6.30. The summed E-state index contributed by atoms with van der Waals surface area (Å²) in [4.78, 5) is 12.4. The Bertz CT molecular complexity index is 1120. The molecule has 0 aliphatic heterocycles. The average Bonchev–Trinajstić information content (AvgIpc) is 2.66. The summed E-state index contributed by atoms with van der Waals surface area (Å²) in [7, 11) is -3.77. The highest BCUT2D eigenvalue weighted by atomic mass is 79.9. The van der Waals surface area contributed by atoms with Crippen LogP contribution in [0.4, 0.5) is 11.4 Å². The summed E-state index contributed by atoms with van der Waals surface area (Å²) >= 11 is 15.1. The number of halogens is 3. The number of rotatable bonds is 5. The van der Waals surface area contributed by atoms with Crippen molar-refractivity contribution < 1.29 is 13.2 Å². The topological polar surface area (TPSA) is 75.3 Å². The first-order valence-corrected chi connectivity index (χ1v) is 10.9. The minimum Gasteiger partial charge on any atom is -0.322 e. The van der Waals surface area contributed by atoms with Crippen molar-refractivity contribution in [1.29, 1.82) is 0 Å². The first-order chi connectivity index (χ1) is 13.2. The lowest BCUT2D eigenvalue weighted by atomic mass is 10.2. The van der Waals surface area contributed by atoms with E-state index in [1.54, 1.807) is 42.5 Å². The van der Waals surface area contributed by atoms with Gasteiger partial charge in [-0.3, -0.25) is 9.52 Å². The van der Waals surface area contributed by atoms with Crippen LogP contribution in [0.25, 0.3) is 0 Å². The monoisotopic (exact) mass is 498 g/mol. The van der Waals surface area contributed by atoms with Gasteiger partial charge in [-0.05, 0) is 66.7 Å². The van der Waals surface area contributed by atoms with Crippen molar-refractivity contribution >= 4 is 66.4 Å². The van der Waals surface area contributed by atoms with E-state index in [-0.39, 0.29) is 4.90 Å². The molecule has 0 saturated carbocycles. The van der Waals surface area contributed by atoms with Gasteiger partial charge < -0.3 is 5.32 Å². The van der Waals surface area contributed by atoms with Crippen LogP contribution < -0.4 is 10.0 Å². The zero-order chi connectivity index (χ0) is 20.3. The molecule has 0 saturated heterocycles. The van der Waals surface area contributed by atoms with Gasteiger partial charge in [-0.1, -0.05) is 39.1 Å². The smallest absolute Gasteiger partial charge is 0.261 e. The third-order valence-corrected chi connectivity index (χ3v) is 6.16. The number of benzene rings is 3. The van der Waals surface area contributed by atoms with Gasteiger partial charge in [0.15, 0.2) is 0 Å². The molecule has 0 radical (unpaired) electrons. The molecule has 0 fully saturated rings. The van der Waals surface area contributed by atoms with E-state index >= 15 is 0 Å². The summed E-state index contributed by atoms with van der Waals surface area (Å²) in [5.74, 6) is -0.402. The Labute approximate surface area is 180 Å². The second-order valence-electron chi connectivity index (χ2n) is 5.72. The molecular weight excluding hydrogens is 487 g/mol. The number of carbonyl (C=O) groups is 1. The largest absolute Gasteiger partial charge is 0.322 e. The molecule has 1 amide bonds. The first kappa shape index (κ1) is 20.7. The van der Waals surface area contributed by atoms with E-state index in [9.17, 15) is 13.2 Å². The second kappa shape index (κ2) is 8.53. The lowest BCUT2D eigenvalue weighted by Crippen LogP contribution is -2.14. The molecule has 0 aromatic heterocycles. The van der Waals surface area contributed by atoms with E-state index in [0.29, 0.717) is 27.0 Å². The number of anilines is 2. The van der Waals surface area contributed by atoms with Crippen molar-refractivity contribution in [2.45, 2.75) is 4.90 Å². The van der Waals surface area contributed by atoms with Crippen LogP contribution in [-0.4, -0.2) is 14.3 Å². The van der Waals surface area contributed by atoms with Gasteiger partial charge in [0.25, 0.3) is 15.9 Å². The van der Waals surface area contributed by atoms with Crippen LogP contribution in [0, 0.1) is 0 Å². The Morgan fingerprint density at radius 2 is 1.46 bits per heavy atom.